The zero-order valence-corrected chi connectivity index (χ0v) is 15.7. The van der Waals surface area contributed by atoms with E-state index in [4.69, 9.17) is 0 Å². The second-order valence-electron chi connectivity index (χ2n) is 4.50. The second-order valence-corrected chi connectivity index (χ2v) is 7.06. The van der Waals surface area contributed by atoms with Gasteiger partial charge in [-0.25, -0.2) is 0 Å². The summed E-state index contributed by atoms with van der Waals surface area (Å²) in [5.41, 5.74) is 2.96. The predicted octanol–water partition coefficient (Wildman–Crippen LogP) is 5.80. The lowest BCUT2D eigenvalue weighted by molar-refractivity contribution is -0.385. The number of nitrogens with one attached hydrogen (secondary N) is 1. The van der Waals surface area contributed by atoms with Crippen molar-refractivity contribution in [2.45, 2.75) is 13.5 Å². The molecule has 0 bridgehead atoms. The topological polar surface area (TPSA) is 55.2 Å². The number of anilines is 1. The van der Waals surface area contributed by atoms with Crippen LogP contribution >= 0.6 is 47.8 Å². The van der Waals surface area contributed by atoms with Crippen LogP contribution in [0.3, 0.4) is 0 Å². The van der Waals surface area contributed by atoms with Gasteiger partial charge in [-0.3, -0.25) is 10.1 Å². The molecule has 7 heteroatoms. The molecule has 2 aromatic carbocycles. The number of rotatable bonds is 4. The van der Waals surface area contributed by atoms with E-state index >= 15 is 0 Å². The van der Waals surface area contributed by atoms with Crippen LogP contribution in [0.1, 0.15) is 11.1 Å². The molecule has 0 aliphatic rings. The van der Waals surface area contributed by atoms with Crippen molar-refractivity contribution in [2.24, 2.45) is 0 Å². The summed E-state index contributed by atoms with van der Waals surface area (Å²) in [6, 6.07) is 9.12. The fourth-order valence-electron chi connectivity index (χ4n) is 1.87. The highest BCUT2D eigenvalue weighted by Gasteiger charge is 2.13. The first-order valence-electron chi connectivity index (χ1n) is 6.01. The summed E-state index contributed by atoms with van der Waals surface area (Å²) in [5.74, 6) is 0. The number of nitro benzene ring substituents is 1. The van der Waals surface area contributed by atoms with Crippen molar-refractivity contribution in [2.75, 3.05) is 5.32 Å². The van der Waals surface area contributed by atoms with E-state index in [9.17, 15) is 10.1 Å². The van der Waals surface area contributed by atoms with Gasteiger partial charge in [0.1, 0.15) is 0 Å². The summed E-state index contributed by atoms with van der Waals surface area (Å²) in [6.45, 7) is 2.51. The molecule has 0 atom stereocenters. The fourth-order valence-corrected chi connectivity index (χ4v) is 3.95. The van der Waals surface area contributed by atoms with Crippen molar-refractivity contribution in [1.29, 1.82) is 0 Å². The molecule has 0 unspecified atom stereocenters. The summed E-state index contributed by atoms with van der Waals surface area (Å²) < 4.78 is 2.37. The van der Waals surface area contributed by atoms with E-state index in [2.05, 4.69) is 53.1 Å². The lowest BCUT2D eigenvalue weighted by Crippen LogP contribution is -2.02. The first kappa shape index (κ1) is 16.5. The smallest absolute Gasteiger partial charge is 0.283 e. The molecule has 0 saturated heterocycles. The lowest BCUT2D eigenvalue weighted by Gasteiger charge is -2.12. The Bertz CT molecular complexity index is 682. The van der Waals surface area contributed by atoms with E-state index in [-0.39, 0.29) is 5.69 Å². The van der Waals surface area contributed by atoms with E-state index in [1.807, 2.05) is 25.1 Å². The van der Waals surface area contributed by atoms with Crippen molar-refractivity contribution >= 4 is 59.2 Å². The quantitative estimate of drug-likeness (QED) is 0.446. The molecular formula is C14H11Br3N2O2. The fraction of sp³-hybridized carbons (Fsp3) is 0.143. The third-order valence-electron chi connectivity index (χ3n) is 2.86. The Morgan fingerprint density at radius 2 is 1.71 bits per heavy atom. The van der Waals surface area contributed by atoms with E-state index < -0.39 is 4.92 Å². The average molecular weight is 479 g/mol. The molecule has 0 aliphatic heterocycles. The average Bonchev–Trinajstić information content (AvgIpc) is 2.38. The van der Waals surface area contributed by atoms with Gasteiger partial charge in [-0.2, -0.15) is 0 Å². The summed E-state index contributed by atoms with van der Waals surface area (Å²) in [4.78, 5) is 10.5. The number of hydrogen-bond acceptors (Lipinski definition) is 3. The number of nitrogens with zero attached hydrogens (tertiary/aromatic N) is 1. The lowest BCUT2D eigenvalue weighted by atomic mass is 10.2. The van der Waals surface area contributed by atoms with E-state index in [1.54, 1.807) is 12.1 Å². The molecule has 0 fully saturated rings. The van der Waals surface area contributed by atoms with Crippen molar-refractivity contribution in [3.63, 3.8) is 0 Å². The molecule has 21 heavy (non-hydrogen) atoms. The van der Waals surface area contributed by atoms with Crippen LogP contribution in [0.5, 0.6) is 0 Å². The Morgan fingerprint density at radius 3 is 2.29 bits per heavy atom. The minimum absolute atomic E-state index is 0.0661. The number of hydrogen-bond donors (Lipinski definition) is 1. The van der Waals surface area contributed by atoms with E-state index in [0.717, 1.165) is 25.8 Å². The minimum Gasteiger partial charge on any atom is -0.379 e. The van der Waals surface area contributed by atoms with Crippen molar-refractivity contribution in [1.82, 2.24) is 0 Å². The molecule has 0 aliphatic carbocycles. The van der Waals surface area contributed by atoms with Gasteiger partial charge in [0.2, 0.25) is 0 Å². The SMILES string of the molecule is Cc1cc(Br)c(NCc2ccc(Br)c([N+](=O)[O-])c2)c(Br)c1. The highest BCUT2D eigenvalue weighted by Crippen LogP contribution is 2.33. The van der Waals surface area contributed by atoms with Gasteiger partial charge in [0.25, 0.3) is 5.69 Å². The summed E-state index contributed by atoms with van der Waals surface area (Å²) in [5, 5.41) is 14.2. The maximum Gasteiger partial charge on any atom is 0.283 e. The molecule has 0 radical (unpaired) electrons. The van der Waals surface area contributed by atoms with Gasteiger partial charge in [-0.15, -0.1) is 0 Å². The van der Waals surface area contributed by atoms with Crippen LogP contribution in [0.15, 0.2) is 43.7 Å². The Hall–Kier alpha value is -0.920. The highest BCUT2D eigenvalue weighted by molar-refractivity contribution is 9.11. The van der Waals surface area contributed by atoms with Crippen LogP contribution in [0, 0.1) is 17.0 Å². The first-order valence-corrected chi connectivity index (χ1v) is 8.38. The van der Waals surface area contributed by atoms with Crippen LogP contribution in [0.25, 0.3) is 0 Å². The largest absolute Gasteiger partial charge is 0.379 e. The zero-order chi connectivity index (χ0) is 15.6. The van der Waals surface area contributed by atoms with Gasteiger partial charge in [0, 0.05) is 21.6 Å². The third kappa shape index (κ3) is 4.05. The van der Waals surface area contributed by atoms with E-state index in [1.165, 1.54) is 0 Å². The van der Waals surface area contributed by atoms with Crippen LogP contribution in [-0.2, 0) is 6.54 Å². The number of nitro groups is 1. The molecule has 1 N–H and O–H groups in total. The van der Waals surface area contributed by atoms with Gasteiger partial charge < -0.3 is 5.32 Å². The van der Waals surface area contributed by atoms with Gasteiger partial charge in [-0.05, 0) is 84.0 Å². The van der Waals surface area contributed by atoms with Crippen LogP contribution in [0.4, 0.5) is 11.4 Å². The Kier molecular flexibility index (Phi) is 5.40. The molecule has 110 valence electrons. The zero-order valence-electron chi connectivity index (χ0n) is 11.0. The van der Waals surface area contributed by atoms with Crippen molar-refractivity contribution < 1.29 is 4.92 Å². The molecule has 2 aromatic rings. The van der Waals surface area contributed by atoms with Crippen molar-refractivity contribution in [3.05, 3.63) is 65.0 Å². The van der Waals surface area contributed by atoms with Crippen LogP contribution < -0.4 is 5.32 Å². The van der Waals surface area contributed by atoms with Crippen LogP contribution in [0.2, 0.25) is 0 Å². The summed E-state index contributed by atoms with van der Waals surface area (Å²) in [6.07, 6.45) is 0. The Morgan fingerprint density at radius 1 is 1.10 bits per heavy atom. The normalized spacial score (nSPS) is 10.5. The Labute approximate surface area is 147 Å². The maximum atomic E-state index is 10.9. The van der Waals surface area contributed by atoms with Crippen LogP contribution in [-0.4, -0.2) is 4.92 Å². The predicted molar refractivity (Wildman–Crippen MR) is 94.7 cm³/mol. The number of halogens is 3. The molecule has 0 heterocycles. The molecule has 2 rings (SSSR count). The molecule has 0 amide bonds. The molecule has 0 spiro atoms. The first-order chi connectivity index (χ1) is 9.88. The highest BCUT2D eigenvalue weighted by atomic mass is 79.9. The Balaban J connectivity index is 2.21. The van der Waals surface area contributed by atoms with Gasteiger partial charge in [0.05, 0.1) is 15.1 Å². The second kappa shape index (κ2) is 6.89. The number of aryl methyl sites for hydroxylation is 1. The van der Waals surface area contributed by atoms with Gasteiger partial charge >= 0.3 is 0 Å². The molecule has 0 aromatic heterocycles. The third-order valence-corrected chi connectivity index (χ3v) is 4.78. The monoisotopic (exact) mass is 476 g/mol. The molecular weight excluding hydrogens is 468 g/mol. The summed E-state index contributed by atoms with van der Waals surface area (Å²) >= 11 is 10.2. The minimum atomic E-state index is -0.398. The molecule has 4 nitrogen and oxygen atoms in total. The summed E-state index contributed by atoms with van der Waals surface area (Å²) in [7, 11) is 0. The number of benzene rings is 2. The van der Waals surface area contributed by atoms with E-state index in [0.29, 0.717) is 11.0 Å². The standard InChI is InChI=1S/C14H11Br3N2O2/c1-8-4-11(16)14(12(17)5-8)18-7-9-2-3-10(15)13(6-9)19(20)21/h2-6,18H,7H2,1H3. The van der Waals surface area contributed by atoms with Crippen molar-refractivity contribution in [3.8, 4) is 0 Å². The van der Waals surface area contributed by atoms with Gasteiger partial charge in [-0.1, -0.05) is 6.07 Å². The van der Waals surface area contributed by atoms with Gasteiger partial charge in [0.15, 0.2) is 0 Å². The molecule has 0 saturated carbocycles. The maximum absolute atomic E-state index is 10.9.